The van der Waals surface area contributed by atoms with Gasteiger partial charge in [0.1, 0.15) is 5.82 Å². The number of benzene rings is 1. The van der Waals surface area contributed by atoms with Gasteiger partial charge in [0.15, 0.2) is 0 Å². The van der Waals surface area contributed by atoms with E-state index in [2.05, 4.69) is 15.3 Å². The molecule has 0 aliphatic heterocycles. The Bertz CT molecular complexity index is 732. The minimum absolute atomic E-state index is 0.107. The normalized spacial score (nSPS) is 15.1. The van der Waals surface area contributed by atoms with E-state index in [1.54, 1.807) is 26.0 Å². The second-order valence-corrected chi connectivity index (χ2v) is 5.80. The van der Waals surface area contributed by atoms with Gasteiger partial charge < -0.3 is 10.1 Å². The van der Waals surface area contributed by atoms with Crippen molar-refractivity contribution in [1.29, 1.82) is 0 Å². The number of nitrogens with zero attached hydrogens (tertiary/aromatic N) is 2. The van der Waals surface area contributed by atoms with Crippen molar-refractivity contribution < 1.29 is 13.9 Å². The van der Waals surface area contributed by atoms with Crippen molar-refractivity contribution in [3.63, 3.8) is 0 Å². The maximum Gasteiger partial charge on any atom is 0.316 e. The number of halogens is 1. The summed E-state index contributed by atoms with van der Waals surface area (Å²) in [5.74, 6) is -0.413. The zero-order valence-electron chi connectivity index (χ0n) is 13.3. The first kappa shape index (κ1) is 15.4. The quantitative estimate of drug-likeness (QED) is 0.942. The second kappa shape index (κ2) is 5.61. The second-order valence-electron chi connectivity index (χ2n) is 5.80. The topological polar surface area (TPSA) is 64.1 Å². The van der Waals surface area contributed by atoms with E-state index in [-0.39, 0.29) is 17.7 Å². The maximum absolute atomic E-state index is 13.1. The number of ether oxygens (including phenoxy) is 1. The number of methoxy groups -OCH3 is 1. The molecule has 3 rings (SSSR count). The third-order valence-corrected chi connectivity index (χ3v) is 4.25. The van der Waals surface area contributed by atoms with E-state index >= 15 is 0 Å². The van der Waals surface area contributed by atoms with E-state index in [1.165, 1.54) is 19.2 Å². The number of nitrogens with one attached hydrogen (secondary N) is 1. The molecular formula is C17H18FN3O2. The molecule has 1 amide bonds. The van der Waals surface area contributed by atoms with Crippen molar-refractivity contribution in [2.75, 3.05) is 12.4 Å². The van der Waals surface area contributed by atoms with Gasteiger partial charge in [-0.05, 0) is 44.4 Å². The van der Waals surface area contributed by atoms with Gasteiger partial charge in [-0.2, -0.15) is 9.97 Å². The molecule has 1 N–H and O–H groups in total. The van der Waals surface area contributed by atoms with E-state index < -0.39 is 5.41 Å². The maximum atomic E-state index is 13.1. The largest absolute Gasteiger partial charge is 0.467 e. The van der Waals surface area contributed by atoms with Gasteiger partial charge in [0, 0.05) is 0 Å². The molecule has 1 aliphatic rings. The standard InChI is InChI=1S/C17H18FN3O2/c1-10-14(11(2)20-16(19-10)23-3)21-15(22)17(8-9-17)12-4-6-13(18)7-5-12/h4-7H,8-9H2,1-3H3,(H,21,22). The SMILES string of the molecule is COc1nc(C)c(NC(=O)C2(c3ccc(F)cc3)CC2)c(C)n1. The lowest BCUT2D eigenvalue weighted by molar-refractivity contribution is -0.118. The zero-order valence-corrected chi connectivity index (χ0v) is 13.3. The molecule has 1 aromatic carbocycles. The fourth-order valence-corrected chi connectivity index (χ4v) is 2.73. The van der Waals surface area contributed by atoms with E-state index in [4.69, 9.17) is 4.74 Å². The van der Waals surface area contributed by atoms with Gasteiger partial charge in [-0.25, -0.2) is 4.39 Å². The number of aromatic nitrogens is 2. The number of aryl methyl sites for hydroxylation is 2. The highest BCUT2D eigenvalue weighted by Gasteiger charge is 2.51. The predicted molar refractivity (Wildman–Crippen MR) is 84.0 cm³/mol. The Morgan fingerprint density at radius 3 is 2.22 bits per heavy atom. The molecular weight excluding hydrogens is 297 g/mol. The van der Waals surface area contributed by atoms with Crippen molar-refractivity contribution in [2.24, 2.45) is 0 Å². The number of anilines is 1. The Kier molecular flexibility index (Phi) is 3.75. The van der Waals surface area contributed by atoms with Crippen LogP contribution in [0.2, 0.25) is 0 Å². The first-order valence-electron chi connectivity index (χ1n) is 7.43. The molecule has 0 radical (unpaired) electrons. The molecule has 5 nitrogen and oxygen atoms in total. The Morgan fingerprint density at radius 2 is 1.74 bits per heavy atom. The van der Waals surface area contributed by atoms with Crippen molar-refractivity contribution in [2.45, 2.75) is 32.1 Å². The zero-order chi connectivity index (χ0) is 16.6. The van der Waals surface area contributed by atoms with Gasteiger partial charge in [0.25, 0.3) is 0 Å². The lowest BCUT2D eigenvalue weighted by atomic mass is 9.95. The molecule has 0 unspecified atom stereocenters. The summed E-state index contributed by atoms with van der Waals surface area (Å²) in [7, 11) is 1.50. The van der Waals surface area contributed by atoms with Crippen LogP contribution in [0.1, 0.15) is 29.8 Å². The Hall–Kier alpha value is -2.50. The summed E-state index contributed by atoms with van der Waals surface area (Å²) in [4.78, 5) is 21.1. The van der Waals surface area contributed by atoms with Gasteiger partial charge in [-0.1, -0.05) is 12.1 Å². The van der Waals surface area contributed by atoms with Crippen LogP contribution in [0.5, 0.6) is 6.01 Å². The predicted octanol–water partition coefficient (Wildman–Crippen LogP) is 2.91. The first-order valence-corrected chi connectivity index (χ1v) is 7.43. The summed E-state index contributed by atoms with van der Waals surface area (Å²) in [5, 5.41) is 2.93. The highest BCUT2D eigenvalue weighted by Crippen LogP contribution is 2.49. The third kappa shape index (κ3) is 2.76. The lowest BCUT2D eigenvalue weighted by Gasteiger charge is -2.18. The van der Waals surface area contributed by atoms with E-state index in [9.17, 15) is 9.18 Å². The van der Waals surface area contributed by atoms with Crippen LogP contribution in [0.4, 0.5) is 10.1 Å². The molecule has 1 aliphatic carbocycles. The third-order valence-electron chi connectivity index (χ3n) is 4.25. The van der Waals surface area contributed by atoms with Crippen molar-refractivity contribution in [3.05, 3.63) is 47.0 Å². The molecule has 23 heavy (non-hydrogen) atoms. The molecule has 0 atom stereocenters. The Balaban J connectivity index is 1.86. The number of hydrogen-bond acceptors (Lipinski definition) is 4. The molecule has 0 spiro atoms. The minimum atomic E-state index is -0.577. The summed E-state index contributed by atoms with van der Waals surface area (Å²) in [6, 6.07) is 6.39. The van der Waals surface area contributed by atoms with Gasteiger partial charge in [0.2, 0.25) is 5.91 Å². The van der Waals surface area contributed by atoms with Crippen LogP contribution in [0, 0.1) is 19.7 Å². The first-order chi connectivity index (χ1) is 11.0. The highest BCUT2D eigenvalue weighted by atomic mass is 19.1. The molecule has 6 heteroatoms. The number of carbonyl (C=O) groups is 1. The molecule has 1 saturated carbocycles. The smallest absolute Gasteiger partial charge is 0.316 e. The van der Waals surface area contributed by atoms with Crippen molar-refractivity contribution in [1.82, 2.24) is 9.97 Å². The summed E-state index contributed by atoms with van der Waals surface area (Å²) in [5.41, 5.74) is 2.16. The average molecular weight is 315 g/mol. The summed E-state index contributed by atoms with van der Waals surface area (Å²) in [6.45, 7) is 3.59. The number of carbonyl (C=O) groups excluding carboxylic acids is 1. The molecule has 0 bridgehead atoms. The van der Waals surface area contributed by atoms with Crippen LogP contribution in [-0.2, 0) is 10.2 Å². The number of rotatable bonds is 4. The fraction of sp³-hybridized carbons (Fsp3) is 0.353. The molecule has 1 heterocycles. The molecule has 1 aromatic heterocycles. The molecule has 0 saturated heterocycles. The molecule has 120 valence electrons. The van der Waals surface area contributed by atoms with Gasteiger partial charge in [-0.15, -0.1) is 0 Å². The molecule has 1 fully saturated rings. The Labute approximate surface area is 133 Å². The van der Waals surface area contributed by atoms with E-state index in [0.717, 1.165) is 18.4 Å². The van der Waals surface area contributed by atoms with E-state index in [1.807, 2.05) is 0 Å². The van der Waals surface area contributed by atoms with Crippen LogP contribution >= 0.6 is 0 Å². The van der Waals surface area contributed by atoms with Crippen LogP contribution in [-0.4, -0.2) is 23.0 Å². The monoisotopic (exact) mass is 315 g/mol. The number of hydrogen-bond donors (Lipinski definition) is 1. The van der Waals surface area contributed by atoms with Crippen LogP contribution < -0.4 is 10.1 Å². The van der Waals surface area contributed by atoms with Gasteiger partial charge in [-0.3, -0.25) is 4.79 Å². The number of amides is 1. The minimum Gasteiger partial charge on any atom is -0.467 e. The average Bonchev–Trinajstić information content (AvgIpc) is 3.33. The Morgan fingerprint density at radius 1 is 1.17 bits per heavy atom. The lowest BCUT2D eigenvalue weighted by Crippen LogP contribution is -2.28. The van der Waals surface area contributed by atoms with E-state index in [0.29, 0.717) is 17.1 Å². The van der Waals surface area contributed by atoms with Crippen molar-refractivity contribution in [3.8, 4) is 6.01 Å². The summed E-state index contributed by atoms with van der Waals surface area (Å²) in [6.07, 6.45) is 1.50. The van der Waals surface area contributed by atoms with Crippen molar-refractivity contribution >= 4 is 11.6 Å². The highest BCUT2D eigenvalue weighted by molar-refractivity contribution is 6.02. The summed E-state index contributed by atoms with van der Waals surface area (Å²) < 4.78 is 18.1. The van der Waals surface area contributed by atoms with Crippen LogP contribution in [0.3, 0.4) is 0 Å². The van der Waals surface area contributed by atoms with Crippen LogP contribution in [0.15, 0.2) is 24.3 Å². The fourth-order valence-electron chi connectivity index (χ4n) is 2.73. The van der Waals surface area contributed by atoms with Crippen LogP contribution in [0.25, 0.3) is 0 Å². The summed E-state index contributed by atoms with van der Waals surface area (Å²) >= 11 is 0. The van der Waals surface area contributed by atoms with Gasteiger partial charge >= 0.3 is 6.01 Å². The molecule has 2 aromatic rings. The van der Waals surface area contributed by atoms with Gasteiger partial charge in [0.05, 0.1) is 29.6 Å².